The molecule has 0 aliphatic heterocycles. The molecule has 4 nitrogen and oxygen atoms in total. The smallest absolute Gasteiger partial charge is 0.188 e. The summed E-state index contributed by atoms with van der Waals surface area (Å²) in [6.07, 6.45) is 28.7. The van der Waals surface area contributed by atoms with Crippen LogP contribution in [0.25, 0.3) is 0 Å². The Balaban J connectivity index is 3.75. The summed E-state index contributed by atoms with van der Waals surface area (Å²) in [7, 11) is 0. The van der Waals surface area contributed by atoms with Gasteiger partial charge in [-0.25, -0.2) is 0 Å². The number of allylic oxidation sites excluding steroid dienone is 1. The van der Waals surface area contributed by atoms with Crippen LogP contribution >= 0.6 is 0 Å². The van der Waals surface area contributed by atoms with Crippen LogP contribution < -0.4 is 0 Å². The molecular formula is C30H60O4. The molecule has 0 heterocycles. The van der Waals surface area contributed by atoms with Crippen molar-refractivity contribution in [3.8, 4) is 0 Å². The molecule has 0 radical (unpaired) electrons. The maximum atomic E-state index is 6.05. The molecule has 4 heteroatoms. The van der Waals surface area contributed by atoms with Gasteiger partial charge < -0.3 is 18.9 Å². The first-order valence-corrected chi connectivity index (χ1v) is 14.9. The second-order valence-electron chi connectivity index (χ2n) is 9.62. The zero-order valence-electron chi connectivity index (χ0n) is 23.3. The van der Waals surface area contributed by atoms with Crippen molar-refractivity contribution in [1.82, 2.24) is 0 Å². The summed E-state index contributed by atoms with van der Waals surface area (Å²) < 4.78 is 23.1. The largest absolute Gasteiger partial charge is 0.475 e. The van der Waals surface area contributed by atoms with E-state index in [0.29, 0.717) is 6.79 Å². The van der Waals surface area contributed by atoms with Gasteiger partial charge in [0.2, 0.25) is 0 Å². The minimum Gasteiger partial charge on any atom is -0.475 e. The van der Waals surface area contributed by atoms with E-state index in [2.05, 4.69) is 26.8 Å². The van der Waals surface area contributed by atoms with E-state index in [1.54, 1.807) is 6.26 Å². The Bertz CT molecular complexity index is 370. The highest BCUT2D eigenvalue weighted by molar-refractivity contribution is 4.73. The first kappa shape index (κ1) is 33.4. The number of unbranched alkanes of at least 4 members (excludes halogenated alkanes) is 15. The summed E-state index contributed by atoms with van der Waals surface area (Å²) >= 11 is 0. The second-order valence-corrected chi connectivity index (χ2v) is 9.62. The third-order valence-corrected chi connectivity index (χ3v) is 6.16. The number of hydrogen-bond donors (Lipinski definition) is 0. The fraction of sp³-hybridized carbons (Fsp3) is 0.933. The molecule has 0 aromatic heterocycles. The molecule has 0 saturated carbocycles. The van der Waals surface area contributed by atoms with Gasteiger partial charge in [-0.1, -0.05) is 117 Å². The van der Waals surface area contributed by atoms with Gasteiger partial charge >= 0.3 is 0 Å². The summed E-state index contributed by atoms with van der Waals surface area (Å²) in [4.78, 5) is 0. The van der Waals surface area contributed by atoms with Crippen molar-refractivity contribution in [2.45, 2.75) is 155 Å². The summed E-state index contributed by atoms with van der Waals surface area (Å²) in [5, 5.41) is 0. The minimum absolute atomic E-state index is 0.0970. The Morgan fingerprint density at radius 3 is 1.47 bits per heavy atom. The first-order chi connectivity index (χ1) is 16.8. The molecule has 0 bridgehead atoms. The van der Waals surface area contributed by atoms with Crippen molar-refractivity contribution in [2.75, 3.05) is 26.6 Å². The molecule has 0 aliphatic carbocycles. The van der Waals surface area contributed by atoms with Crippen LogP contribution in [0.2, 0.25) is 0 Å². The predicted octanol–water partition coefficient (Wildman–Crippen LogP) is 9.71. The van der Waals surface area contributed by atoms with Gasteiger partial charge in [-0.2, -0.15) is 0 Å². The normalized spacial score (nSPS) is 11.8. The van der Waals surface area contributed by atoms with E-state index in [0.717, 1.165) is 51.9 Å². The van der Waals surface area contributed by atoms with E-state index in [1.807, 2.05) is 0 Å². The standard InChI is InChI=1S/C30H60O4/c1-4-7-10-13-14-15-18-20-25-31-29-32-26-23-19-24-30(33-27-21-16-11-8-5-2)34-28-22-17-12-9-6-3/h23,26,30H,4-22,24-25,27-29H2,1-3H3. The van der Waals surface area contributed by atoms with Gasteiger partial charge in [0.15, 0.2) is 13.1 Å². The second kappa shape index (κ2) is 30.5. The molecule has 0 unspecified atom stereocenters. The molecule has 0 fully saturated rings. The van der Waals surface area contributed by atoms with Crippen LogP contribution in [0.3, 0.4) is 0 Å². The van der Waals surface area contributed by atoms with Gasteiger partial charge in [0.25, 0.3) is 0 Å². The van der Waals surface area contributed by atoms with Gasteiger partial charge in [-0.05, 0) is 31.8 Å². The van der Waals surface area contributed by atoms with E-state index in [9.17, 15) is 0 Å². The van der Waals surface area contributed by atoms with Crippen LogP contribution in [0.15, 0.2) is 12.3 Å². The number of ether oxygens (including phenoxy) is 4. The number of rotatable bonds is 29. The molecule has 0 spiro atoms. The Morgan fingerprint density at radius 2 is 0.971 bits per heavy atom. The fourth-order valence-electron chi connectivity index (χ4n) is 3.91. The molecule has 0 saturated heterocycles. The summed E-state index contributed by atoms with van der Waals surface area (Å²) in [5.74, 6) is 0. The van der Waals surface area contributed by atoms with Crippen LogP contribution in [0.5, 0.6) is 0 Å². The third-order valence-electron chi connectivity index (χ3n) is 6.16. The molecule has 0 N–H and O–H groups in total. The quantitative estimate of drug-likeness (QED) is 0.0601. The minimum atomic E-state index is -0.0970. The van der Waals surface area contributed by atoms with Crippen molar-refractivity contribution in [3.05, 3.63) is 12.3 Å². The van der Waals surface area contributed by atoms with Crippen molar-refractivity contribution >= 4 is 0 Å². The fourth-order valence-corrected chi connectivity index (χ4v) is 3.91. The van der Waals surface area contributed by atoms with Gasteiger partial charge in [-0.15, -0.1) is 0 Å². The molecular weight excluding hydrogens is 424 g/mol. The monoisotopic (exact) mass is 484 g/mol. The molecule has 0 amide bonds. The Morgan fingerprint density at radius 1 is 0.529 bits per heavy atom. The average Bonchev–Trinajstić information content (AvgIpc) is 2.85. The Labute approximate surface area is 213 Å². The van der Waals surface area contributed by atoms with Crippen molar-refractivity contribution in [2.24, 2.45) is 0 Å². The van der Waals surface area contributed by atoms with E-state index in [1.165, 1.54) is 96.3 Å². The highest BCUT2D eigenvalue weighted by atomic mass is 16.7. The highest BCUT2D eigenvalue weighted by Crippen LogP contribution is 2.11. The maximum absolute atomic E-state index is 6.05. The summed E-state index contributed by atoms with van der Waals surface area (Å²) in [6.45, 7) is 9.52. The molecule has 0 atom stereocenters. The van der Waals surface area contributed by atoms with E-state index < -0.39 is 0 Å². The maximum Gasteiger partial charge on any atom is 0.188 e. The van der Waals surface area contributed by atoms with Crippen LogP contribution in [0, 0.1) is 0 Å². The topological polar surface area (TPSA) is 36.9 Å². The first-order valence-electron chi connectivity index (χ1n) is 14.9. The van der Waals surface area contributed by atoms with E-state index in [4.69, 9.17) is 18.9 Å². The zero-order valence-corrected chi connectivity index (χ0v) is 23.3. The predicted molar refractivity (Wildman–Crippen MR) is 146 cm³/mol. The number of hydrogen-bond acceptors (Lipinski definition) is 4. The summed E-state index contributed by atoms with van der Waals surface area (Å²) in [6, 6.07) is 0. The Kier molecular flexibility index (Phi) is 29.9. The molecule has 0 aliphatic rings. The lowest BCUT2D eigenvalue weighted by Crippen LogP contribution is -2.18. The van der Waals surface area contributed by atoms with Gasteiger partial charge in [0, 0.05) is 19.6 Å². The highest BCUT2D eigenvalue weighted by Gasteiger charge is 2.08. The molecule has 0 aromatic rings. The molecule has 34 heavy (non-hydrogen) atoms. The lowest BCUT2D eigenvalue weighted by molar-refractivity contribution is -0.146. The SMILES string of the molecule is CCCCCCCCCCOCOC=CCCC(OCCCCCCC)OCCCCCCC. The van der Waals surface area contributed by atoms with Crippen LogP contribution in [-0.4, -0.2) is 32.9 Å². The lowest BCUT2D eigenvalue weighted by atomic mass is 10.1. The summed E-state index contributed by atoms with van der Waals surface area (Å²) in [5.41, 5.74) is 0. The zero-order chi connectivity index (χ0) is 24.8. The molecule has 204 valence electrons. The van der Waals surface area contributed by atoms with E-state index >= 15 is 0 Å². The molecule has 0 rings (SSSR count). The van der Waals surface area contributed by atoms with E-state index in [-0.39, 0.29) is 6.29 Å². The molecule has 0 aromatic carbocycles. The van der Waals surface area contributed by atoms with Crippen molar-refractivity contribution in [3.63, 3.8) is 0 Å². The van der Waals surface area contributed by atoms with Gasteiger partial charge in [0.1, 0.15) is 0 Å². The van der Waals surface area contributed by atoms with Crippen LogP contribution in [-0.2, 0) is 18.9 Å². The van der Waals surface area contributed by atoms with Crippen LogP contribution in [0.4, 0.5) is 0 Å². The lowest BCUT2D eigenvalue weighted by Gasteiger charge is -2.18. The van der Waals surface area contributed by atoms with Crippen molar-refractivity contribution < 1.29 is 18.9 Å². The average molecular weight is 485 g/mol. The van der Waals surface area contributed by atoms with Crippen LogP contribution in [0.1, 0.15) is 149 Å². The third kappa shape index (κ3) is 27.7. The van der Waals surface area contributed by atoms with Crippen molar-refractivity contribution in [1.29, 1.82) is 0 Å². The van der Waals surface area contributed by atoms with Gasteiger partial charge in [-0.3, -0.25) is 0 Å². The van der Waals surface area contributed by atoms with Gasteiger partial charge in [0.05, 0.1) is 12.9 Å². The Hall–Kier alpha value is -0.580.